The van der Waals surface area contributed by atoms with E-state index in [0.717, 1.165) is 19.4 Å². The van der Waals surface area contributed by atoms with Gasteiger partial charge in [0, 0.05) is 24.7 Å². The first-order chi connectivity index (χ1) is 18.7. The normalized spacial score (nSPS) is 10.5. The monoisotopic (exact) mass is 654 g/mol. The second kappa shape index (κ2) is 22.8. The van der Waals surface area contributed by atoms with E-state index in [1.807, 2.05) is 12.1 Å². The highest BCUT2D eigenvalue weighted by atomic mass is 127. The molecule has 0 saturated carbocycles. The Bertz CT molecular complexity index is 892. The van der Waals surface area contributed by atoms with Crippen LogP contribution in [-0.4, -0.2) is 32.8 Å². The van der Waals surface area contributed by atoms with Gasteiger partial charge in [-0.25, -0.2) is 4.57 Å². The van der Waals surface area contributed by atoms with Crippen molar-refractivity contribution in [1.82, 2.24) is 5.32 Å². The van der Waals surface area contributed by atoms with Crippen molar-refractivity contribution in [3.05, 3.63) is 48.3 Å². The summed E-state index contributed by atoms with van der Waals surface area (Å²) in [6.07, 6.45) is 20.8. The van der Waals surface area contributed by atoms with Crippen LogP contribution in [0.4, 0.5) is 0 Å². The van der Waals surface area contributed by atoms with Crippen LogP contribution in [-0.2, 0) is 17.8 Å². The molecule has 0 saturated heterocycles. The van der Waals surface area contributed by atoms with E-state index >= 15 is 0 Å². The van der Waals surface area contributed by atoms with Crippen LogP contribution < -0.4 is 48.1 Å². The second-order valence-electron chi connectivity index (χ2n) is 9.98. The third-order valence-electron chi connectivity index (χ3n) is 6.82. The van der Waals surface area contributed by atoms with Gasteiger partial charge in [-0.05, 0) is 37.5 Å². The zero-order chi connectivity index (χ0) is 27.3. The molecule has 0 aliphatic rings. The summed E-state index contributed by atoms with van der Waals surface area (Å²) in [4.78, 5) is 12.2. The minimum atomic E-state index is -0.143. The highest BCUT2D eigenvalue weighted by Gasteiger charge is 2.09. The summed E-state index contributed by atoms with van der Waals surface area (Å²) in [6.45, 7) is 6.55. The zero-order valence-corrected chi connectivity index (χ0v) is 26.7. The smallest absolute Gasteiger partial charge is 0.257 e. The van der Waals surface area contributed by atoms with E-state index in [1.54, 1.807) is 13.2 Å². The molecule has 2 rings (SSSR count). The first-order valence-electron chi connectivity index (χ1n) is 14.8. The summed E-state index contributed by atoms with van der Waals surface area (Å²) in [5.41, 5.74) is 1.19. The van der Waals surface area contributed by atoms with Gasteiger partial charge in [0.1, 0.15) is 12.3 Å². The summed E-state index contributed by atoms with van der Waals surface area (Å²) in [5.74, 6) is 1.77. The summed E-state index contributed by atoms with van der Waals surface area (Å²) < 4.78 is 19.2. The van der Waals surface area contributed by atoms with E-state index in [1.165, 1.54) is 76.2 Å². The van der Waals surface area contributed by atoms with Gasteiger partial charge in [-0.1, -0.05) is 77.6 Å². The molecule has 6 nitrogen and oxygen atoms in total. The molecule has 1 N–H and O–H groups in total. The largest absolute Gasteiger partial charge is 1.00 e. The fourth-order valence-electron chi connectivity index (χ4n) is 4.39. The molecule has 0 aliphatic heterocycles. The SMILES string of the molecule is CCCCCCCCCCCCCCOc1ccc(OCC(=O)NCCc2cc[n+](CC)cc2)cc1OC.[I-]. The van der Waals surface area contributed by atoms with E-state index < -0.39 is 0 Å². The molecular formula is C32H51IN2O4. The molecule has 0 radical (unpaired) electrons. The van der Waals surface area contributed by atoms with Gasteiger partial charge >= 0.3 is 0 Å². The molecule has 1 aromatic heterocycles. The number of nitrogens with one attached hydrogen (secondary N) is 1. The van der Waals surface area contributed by atoms with Gasteiger partial charge in [-0.3, -0.25) is 4.79 Å². The van der Waals surface area contributed by atoms with Crippen LogP contribution in [0, 0.1) is 0 Å². The number of aromatic nitrogens is 1. The Hall–Kier alpha value is -2.03. The van der Waals surface area contributed by atoms with Gasteiger partial charge in [0.15, 0.2) is 30.5 Å². The number of benzene rings is 1. The number of unbranched alkanes of at least 4 members (excludes halogenated alkanes) is 11. The maximum atomic E-state index is 12.2. The van der Waals surface area contributed by atoms with Crippen molar-refractivity contribution in [2.24, 2.45) is 0 Å². The highest BCUT2D eigenvalue weighted by molar-refractivity contribution is 5.77. The summed E-state index contributed by atoms with van der Waals surface area (Å²) in [6, 6.07) is 9.61. The number of hydrogen-bond donors (Lipinski definition) is 1. The van der Waals surface area contributed by atoms with E-state index in [0.29, 0.717) is 30.4 Å². The summed E-state index contributed by atoms with van der Waals surface area (Å²) in [7, 11) is 1.62. The molecule has 1 aromatic carbocycles. The number of carbonyl (C=O) groups excluding carboxylic acids is 1. The first kappa shape index (κ1) is 35.0. The number of hydrogen-bond acceptors (Lipinski definition) is 4. The van der Waals surface area contributed by atoms with Gasteiger partial charge in [0.05, 0.1) is 13.7 Å². The van der Waals surface area contributed by atoms with Gasteiger partial charge in [0.2, 0.25) is 0 Å². The number of halogens is 1. The number of ether oxygens (including phenoxy) is 3. The molecule has 1 amide bonds. The molecule has 0 spiro atoms. The lowest BCUT2D eigenvalue weighted by atomic mass is 10.1. The van der Waals surface area contributed by atoms with E-state index in [2.05, 4.69) is 48.3 Å². The molecular weight excluding hydrogens is 603 g/mol. The topological polar surface area (TPSA) is 60.7 Å². The average Bonchev–Trinajstić information content (AvgIpc) is 2.95. The molecule has 1 heterocycles. The number of methoxy groups -OCH3 is 1. The van der Waals surface area contributed by atoms with E-state index in [9.17, 15) is 4.79 Å². The minimum Gasteiger partial charge on any atom is -1.00 e. The number of aryl methyl sites for hydroxylation is 1. The predicted octanol–water partition coefficient (Wildman–Crippen LogP) is 3.82. The molecule has 0 aliphatic carbocycles. The highest BCUT2D eigenvalue weighted by Crippen LogP contribution is 2.31. The van der Waals surface area contributed by atoms with Gasteiger partial charge in [-0.15, -0.1) is 0 Å². The van der Waals surface area contributed by atoms with E-state index in [-0.39, 0.29) is 36.5 Å². The van der Waals surface area contributed by atoms with Crippen molar-refractivity contribution in [2.45, 2.75) is 104 Å². The predicted molar refractivity (Wildman–Crippen MR) is 154 cm³/mol. The molecule has 0 atom stereocenters. The van der Waals surface area contributed by atoms with Crippen molar-refractivity contribution >= 4 is 5.91 Å². The van der Waals surface area contributed by atoms with Gasteiger partial charge in [0.25, 0.3) is 5.91 Å². The average molecular weight is 655 g/mol. The van der Waals surface area contributed by atoms with Crippen molar-refractivity contribution < 1.29 is 47.5 Å². The first-order valence-corrected chi connectivity index (χ1v) is 14.8. The summed E-state index contributed by atoms with van der Waals surface area (Å²) in [5, 5.41) is 2.91. The molecule has 7 heteroatoms. The number of pyridine rings is 1. The van der Waals surface area contributed by atoms with Crippen LogP contribution in [0.1, 0.15) is 96.5 Å². The Labute approximate surface area is 254 Å². The Balaban J connectivity index is 0.00000760. The Morgan fingerprint density at radius 3 is 2.00 bits per heavy atom. The van der Waals surface area contributed by atoms with Crippen LogP contribution in [0.5, 0.6) is 17.2 Å². The third-order valence-corrected chi connectivity index (χ3v) is 6.82. The molecule has 0 unspecified atom stereocenters. The van der Waals surface area contributed by atoms with Crippen LogP contribution >= 0.6 is 0 Å². The quantitative estimate of drug-likeness (QED) is 0.119. The second-order valence-corrected chi connectivity index (χ2v) is 9.98. The lowest BCUT2D eigenvalue weighted by molar-refractivity contribution is -0.693. The lowest BCUT2D eigenvalue weighted by Crippen LogP contribution is -3.00. The molecule has 2 aromatic rings. The number of nitrogens with zero attached hydrogens (tertiary/aromatic N) is 1. The van der Waals surface area contributed by atoms with Crippen molar-refractivity contribution in [1.29, 1.82) is 0 Å². The van der Waals surface area contributed by atoms with Gasteiger partial charge < -0.3 is 43.5 Å². The maximum Gasteiger partial charge on any atom is 0.257 e. The fourth-order valence-corrected chi connectivity index (χ4v) is 4.39. The van der Waals surface area contributed by atoms with Crippen LogP contribution in [0.25, 0.3) is 0 Å². The van der Waals surface area contributed by atoms with Crippen molar-refractivity contribution in [3.8, 4) is 17.2 Å². The van der Waals surface area contributed by atoms with Crippen molar-refractivity contribution in [2.75, 3.05) is 26.9 Å². The van der Waals surface area contributed by atoms with E-state index in [4.69, 9.17) is 14.2 Å². The number of rotatable bonds is 22. The number of amides is 1. The molecule has 0 fully saturated rings. The minimum absolute atomic E-state index is 0. The maximum absolute atomic E-state index is 12.2. The fraction of sp³-hybridized carbons (Fsp3) is 0.625. The third kappa shape index (κ3) is 16.0. The van der Waals surface area contributed by atoms with Crippen LogP contribution in [0.2, 0.25) is 0 Å². The lowest BCUT2D eigenvalue weighted by Gasteiger charge is -2.13. The zero-order valence-electron chi connectivity index (χ0n) is 24.5. The van der Waals surface area contributed by atoms with Crippen LogP contribution in [0.15, 0.2) is 42.7 Å². The number of carbonyl (C=O) groups is 1. The summed E-state index contributed by atoms with van der Waals surface area (Å²) >= 11 is 0. The Morgan fingerprint density at radius 2 is 1.41 bits per heavy atom. The van der Waals surface area contributed by atoms with Gasteiger partial charge in [-0.2, -0.15) is 0 Å². The Kier molecular flexibility index (Phi) is 20.4. The molecule has 39 heavy (non-hydrogen) atoms. The molecule has 0 bridgehead atoms. The molecule has 220 valence electrons. The van der Waals surface area contributed by atoms with Crippen LogP contribution in [0.3, 0.4) is 0 Å². The standard InChI is InChI=1S/C32H50N2O4.HI/c1-4-6-7-8-9-10-11-12-13-14-15-16-25-37-30-18-17-29(26-31(30)36-3)38-27-32(35)33-22-19-28-20-23-34(5-2)24-21-28;/h17-18,20-21,23-24,26H,4-16,19,22,25,27H2,1-3H3;1H. The van der Waals surface area contributed by atoms with Crippen molar-refractivity contribution in [3.63, 3.8) is 0 Å². The Morgan fingerprint density at radius 1 is 0.795 bits per heavy atom.